The Morgan fingerprint density at radius 3 is 2.79 bits per heavy atom. The van der Waals surface area contributed by atoms with Crippen LogP contribution in [0.15, 0.2) is 47.1 Å². The lowest BCUT2D eigenvalue weighted by atomic mass is 10.2. The molecule has 0 saturated carbocycles. The molecule has 0 radical (unpaired) electrons. The summed E-state index contributed by atoms with van der Waals surface area (Å²) in [6.45, 7) is 0.614. The first kappa shape index (κ1) is 13.5. The molecule has 2 rings (SSSR count). The maximum Gasteiger partial charge on any atom is 0.358 e. The van der Waals surface area contributed by atoms with Gasteiger partial charge in [-0.25, -0.2) is 9.78 Å². The van der Waals surface area contributed by atoms with Crippen molar-refractivity contribution in [3.63, 3.8) is 0 Å². The number of anilines is 1. The molecule has 0 aliphatic heterocycles. The number of halogens is 1. The number of benzene rings is 1. The molecule has 0 amide bonds. The topological polar surface area (TPSA) is 51.2 Å². The lowest BCUT2D eigenvalue weighted by Crippen LogP contribution is -2.10. The Labute approximate surface area is 119 Å². The number of hydrogen-bond donors (Lipinski definition) is 1. The van der Waals surface area contributed by atoms with E-state index < -0.39 is 5.97 Å². The van der Waals surface area contributed by atoms with Crippen LogP contribution in [0.3, 0.4) is 0 Å². The second-order valence-corrected chi connectivity index (χ2v) is 4.80. The van der Waals surface area contributed by atoms with Gasteiger partial charge in [-0.2, -0.15) is 0 Å². The fraction of sp³-hybridized carbons (Fsp3) is 0.143. The summed E-state index contributed by atoms with van der Waals surface area (Å²) in [7, 11) is 1.34. The SMILES string of the molecule is COC(=O)c1ncc(Br)cc1NCc1ccccc1. The van der Waals surface area contributed by atoms with Crippen LogP contribution in [0.4, 0.5) is 5.69 Å². The average Bonchev–Trinajstić information content (AvgIpc) is 2.45. The minimum Gasteiger partial charge on any atom is -0.464 e. The van der Waals surface area contributed by atoms with Crippen LogP contribution in [0.5, 0.6) is 0 Å². The number of pyridine rings is 1. The predicted molar refractivity (Wildman–Crippen MR) is 77.0 cm³/mol. The van der Waals surface area contributed by atoms with E-state index in [1.807, 2.05) is 36.4 Å². The Morgan fingerprint density at radius 2 is 2.11 bits per heavy atom. The fourth-order valence-corrected chi connectivity index (χ4v) is 1.96. The van der Waals surface area contributed by atoms with Crippen molar-refractivity contribution in [1.29, 1.82) is 0 Å². The van der Waals surface area contributed by atoms with Crippen molar-refractivity contribution < 1.29 is 9.53 Å². The molecule has 0 fully saturated rings. The third-order valence-electron chi connectivity index (χ3n) is 2.56. The van der Waals surface area contributed by atoms with Gasteiger partial charge in [-0.1, -0.05) is 30.3 Å². The van der Waals surface area contributed by atoms with E-state index in [-0.39, 0.29) is 5.69 Å². The number of aromatic nitrogens is 1. The van der Waals surface area contributed by atoms with Gasteiger partial charge in [0.2, 0.25) is 0 Å². The van der Waals surface area contributed by atoms with E-state index in [1.54, 1.807) is 6.20 Å². The Kier molecular flexibility index (Phi) is 4.52. The summed E-state index contributed by atoms with van der Waals surface area (Å²) >= 11 is 3.34. The van der Waals surface area contributed by atoms with Crippen LogP contribution in [-0.4, -0.2) is 18.1 Å². The molecule has 0 aliphatic carbocycles. The van der Waals surface area contributed by atoms with Crippen molar-refractivity contribution in [2.24, 2.45) is 0 Å². The number of rotatable bonds is 4. The highest BCUT2D eigenvalue weighted by Gasteiger charge is 2.13. The number of carbonyl (C=O) groups is 1. The van der Waals surface area contributed by atoms with E-state index in [0.29, 0.717) is 12.2 Å². The van der Waals surface area contributed by atoms with Gasteiger partial charge in [0.15, 0.2) is 5.69 Å². The fourth-order valence-electron chi connectivity index (χ4n) is 1.63. The molecule has 0 aliphatic rings. The molecule has 98 valence electrons. The van der Waals surface area contributed by atoms with Gasteiger partial charge in [0.25, 0.3) is 0 Å². The standard InChI is InChI=1S/C14H13BrN2O2/c1-19-14(18)13-12(7-11(15)9-17-13)16-8-10-5-3-2-4-6-10/h2-7,9,16H,8H2,1H3. The van der Waals surface area contributed by atoms with E-state index in [4.69, 9.17) is 4.74 Å². The lowest BCUT2D eigenvalue weighted by molar-refractivity contribution is 0.0595. The zero-order valence-corrected chi connectivity index (χ0v) is 12.0. The first-order chi connectivity index (χ1) is 9.20. The van der Waals surface area contributed by atoms with Crippen LogP contribution in [0.2, 0.25) is 0 Å². The number of hydrogen-bond acceptors (Lipinski definition) is 4. The van der Waals surface area contributed by atoms with Crippen molar-refractivity contribution in [1.82, 2.24) is 4.98 Å². The molecule has 2 aromatic rings. The summed E-state index contributed by atoms with van der Waals surface area (Å²) in [4.78, 5) is 15.7. The second-order valence-electron chi connectivity index (χ2n) is 3.88. The number of ether oxygens (including phenoxy) is 1. The van der Waals surface area contributed by atoms with Crippen LogP contribution in [0.25, 0.3) is 0 Å². The van der Waals surface area contributed by atoms with E-state index in [9.17, 15) is 4.79 Å². The second kappa shape index (κ2) is 6.33. The molecule has 5 heteroatoms. The Bertz CT molecular complexity index is 573. The van der Waals surface area contributed by atoms with Crippen LogP contribution >= 0.6 is 15.9 Å². The van der Waals surface area contributed by atoms with Crippen LogP contribution in [0.1, 0.15) is 16.1 Å². The van der Waals surface area contributed by atoms with Gasteiger partial charge < -0.3 is 10.1 Å². The van der Waals surface area contributed by atoms with Crippen molar-refractivity contribution in [2.45, 2.75) is 6.54 Å². The van der Waals surface area contributed by atoms with Crippen molar-refractivity contribution >= 4 is 27.6 Å². The Morgan fingerprint density at radius 1 is 1.37 bits per heavy atom. The molecular formula is C14H13BrN2O2. The number of carbonyl (C=O) groups excluding carboxylic acids is 1. The Balaban J connectivity index is 2.19. The first-order valence-corrected chi connectivity index (χ1v) is 6.51. The summed E-state index contributed by atoms with van der Waals surface area (Å²) in [6.07, 6.45) is 1.57. The smallest absolute Gasteiger partial charge is 0.358 e. The highest BCUT2D eigenvalue weighted by molar-refractivity contribution is 9.10. The van der Waals surface area contributed by atoms with Gasteiger partial charge in [0, 0.05) is 17.2 Å². The molecule has 1 aromatic carbocycles. The molecule has 0 saturated heterocycles. The number of nitrogens with zero attached hydrogens (tertiary/aromatic N) is 1. The molecule has 1 heterocycles. The minimum atomic E-state index is -0.455. The number of nitrogens with one attached hydrogen (secondary N) is 1. The molecule has 0 spiro atoms. The van der Waals surface area contributed by atoms with E-state index in [1.165, 1.54) is 7.11 Å². The quantitative estimate of drug-likeness (QED) is 0.879. The zero-order chi connectivity index (χ0) is 13.7. The van der Waals surface area contributed by atoms with Gasteiger partial charge in [-0.3, -0.25) is 0 Å². The van der Waals surface area contributed by atoms with Gasteiger partial charge >= 0.3 is 5.97 Å². The van der Waals surface area contributed by atoms with Crippen LogP contribution in [-0.2, 0) is 11.3 Å². The molecule has 0 unspecified atom stereocenters. The minimum absolute atomic E-state index is 0.279. The maximum absolute atomic E-state index is 11.6. The van der Waals surface area contributed by atoms with Crippen LogP contribution < -0.4 is 5.32 Å². The van der Waals surface area contributed by atoms with Crippen LogP contribution in [0, 0.1) is 0 Å². The largest absolute Gasteiger partial charge is 0.464 e. The van der Waals surface area contributed by atoms with Gasteiger partial charge in [-0.15, -0.1) is 0 Å². The monoisotopic (exact) mass is 320 g/mol. The molecular weight excluding hydrogens is 308 g/mol. The van der Waals surface area contributed by atoms with E-state index >= 15 is 0 Å². The van der Waals surface area contributed by atoms with Gasteiger partial charge in [0.1, 0.15) is 0 Å². The van der Waals surface area contributed by atoms with Crippen molar-refractivity contribution in [3.05, 3.63) is 58.3 Å². The van der Waals surface area contributed by atoms with E-state index in [0.717, 1.165) is 10.0 Å². The molecule has 4 nitrogen and oxygen atoms in total. The highest BCUT2D eigenvalue weighted by Crippen LogP contribution is 2.20. The zero-order valence-electron chi connectivity index (χ0n) is 10.4. The lowest BCUT2D eigenvalue weighted by Gasteiger charge is -2.10. The van der Waals surface area contributed by atoms with Gasteiger partial charge in [-0.05, 0) is 27.6 Å². The van der Waals surface area contributed by atoms with Crippen molar-refractivity contribution in [2.75, 3.05) is 12.4 Å². The summed E-state index contributed by atoms with van der Waals surface area (Å²) in [6, 6.07) is 11.7. The third kappa shape index (κ3) is 3.54. The average molecular weight is 321 g/mol. The van der Waals surface area contributed by atoms with E-state index in [2.05, 4.69) is 26.2 Å². The molecule has 1 N–H and O–H groups in total. The number of methoxy groups -OCH3 is 1. The molecule has 0 atom stereocenters. The number of esters is 1. The summed E-state index contributed by atoms with van der Waals surface area (Å²) in [5.41, 5.74) is 2.05. The normalized spacial score (nSPS) is 10.0. The Hall–Kier alpha value is -1.88. The summed E-state index contributed by atoms with van der Waals surface area (Å²) in [5, 5.41) is 3.19. The predicted octanol–water partition coefficient (Wildman–Crippen LogP) is 3.24. The van der Waals surface area contributed by atoms with Crippen molar-refractivity contribution in [3.8, 4) is 0 Å². The molecule has 19 heavy (non-hydrogen) atoms. The first-order valence-electron chi connectivity index (χ1n) is 5.72. The third-order valence-corrected chi connectivity index (χ3v) is 2.99. The molecule has 1 aromatic heterocycles. The highest BCUT2D eigenvalue weighted by atomic mass is 79.9. The maximum atomic E-state index is 11.6. The van der Waals surface area contributed by atoms with Gasteiger partial charge in [0.05, 0.1) is 12.8 Å². The summed E-state index contributed by atoms with van der Waals surface area (Å²) in [5.74, 6) is -0.455. The molecule has 0 bridgehead atoms. The summed E-state index contributed by atoms with van der Waals surface area (Å²) < 4.78 is 5.51.